The van der Waals surface area contributed by atoms with Crippen molar-refractivity contribution in [2.45, 2.75) is 17.6 Å². The molecule has 0 N–H and O–H groups in total. The number of sulfonamides is 1. The summed E-state index contributed by atoms with van der Waals surface area (Å²) in [5, 5.41) is 0. The lowest BCUT2D eigenvalue weighted by atomic mass is 10.1. The quantitative estimate of drug-likeness (QED) is 0.300. The van der Waals surface area contributed by atoms with Crippen molar-refractivity contribution in [1.82, 2.24) is 9.21 Å². The number of thiophene rings is 1. The van der Waals surface area contributed by atoms with Gasteiger partial charge in [-0.25, -0.2) is 13.2 Å². The molecule has 1 saturated heterocycles. The molecule has 1 aromatic heterocycles. The molecular formula is C26H28Cl2N2O6S2. The van der Waals surface area contributed by atoms with Crippen LogP contribution in [0.25, 0.3) is 0 Å². The van der Waals surface area contributed by atoms with Gasteiger partial charge in [0, 0.05) is 32.7 Å². The van der Waals surface area contributed by atoms with Crippen molar-refractivity contribution < 1.29 is 27.4 Å². The number of hydrogen-bond donors (Lipinski definition) is 0. The van der Waals surface area contributed by atoms with Gasteiger partial charge in [-0.05, 0) is 41.5 Å². The van der Waals surface area contributed by atoms with E-state index in [4.69, 9.17) is 37.4 Å². The van der Waals surface area contributed by atoms with Gasteiger partial charge >= 0.3 is 5.97 Å². The second kappa shape index (κ2) is 12.8. The highest BCUT2D eigenvalue weighted by Gasteiger charge is 2.32. The van der Waals surface area contributed by atoms with E-state index in [0.29, 0.717) is 49.2 Å². The Bertz CT molecular complexity index is 1360. The highest BCUT2D eigenvalue weighted by atomic mass is 35.5. The van der Waals surface area contributed by atoms with E-state index in [9.17, 15) is 13.2 Å². The van der Waals surface area contributed by atoms with Gasteiger partial charge in [0.05, 0.1) is 36.8 Å². The van der Waals surface area contributed by atoms with Crippen molar-refractivity contribution in [1.29, 1.82) is 0 Å². The van der Waals surface area contributed by atoms with E-state index < -0.39 is 16.0 Å². The first-order chi connectivity index (χ1) is 18.2. The molecule has 0 spiro atoms. The van der Waals surface area contributed by atoms with Gasteiger partial charge in [0.15, 0.2) is 0 Å². The molecule has 1 atom stereocenters. The molecule has 0 saturated carbocycles. The minimum atomic E-state index is -3.72. The lowest BCUT2D eigenvalue weighted by molar-refractivity contribution is 0.00761. The Morgan fingerprint density at radius 1 is 1.03 bits per heavy atom. The van der Waals surface area contributed by atoms with Gasteiger partial charge in [0.2, 0.25) is 10.0 Å². The normalized spacial score (nSPS) is 15.8. The summed E-state index contributed by atoms with van der Waals surface area (Å²) in [6.07, 6.45) is -0.293. The molecule has 0 bridgehead atoms. The highest BCUT2D eigenvalue weighted by molar-refractivity contribution is 7.89. The van der Waals surface area contributed by atoms with Gasteiger partial charge in [-0.15, -0.1) is 11.3 Å². The molecule has 1 aliphatic rings. The summed E-state index contributed by atoms with van der Waals surface area (Å²) in [5.41, 5.74) is 2.33. The summed E-state index contributed by atoms with van der Waals surface area (Å²) in [7, 11) is -0.760. The number of ether oxygens (including phenoxy) is 3. The molecule has 0 amide bonds. The van der Waals surface area contributed by atoms with Crippen LogP contribution in [-0.4, -0.2) is 70.5 Å². The molecule has 38 heavy (non-hydrogen) atoms. The van der Waals surface area contributed by atoms with Crippen LogP contribution in [0.15, 0.2) is 59.5 Å². The first-order valence-corrected chi connectivity index (χ1v) is 14.8. The predicted octanol–water partition coefficient (Wildman–Crippen LogP) is 5.11. The van der Waals surface area contributed by atoms with Gasteiger partial charge in [-0.2, -0.15) is 4.31 Å². The minimum absolute atomic E-state index is 0.0541. The summed E-state index contributed by atoms with van der Waals surface area (Å²) >= 11 is 13.1. The molecule has 12 heteroatoms. The second-order valence-corrected chi connectivity index (χ2v) is 12.8. The van der Waals surface area contributed by atoms with Crippen LogP contribution >= 0.6 is 34.5 Å². The molecule has 4 rings (SSSR count). The lowest BCUT2D eigenvalue weighted by Crippen LogP contribution is -2.49. The number of methoxy groups -OCH3 is 2. The molecule has 0 unspecified atom stereocenters. The van der Waals surface area contributed by atoms with Crippen molar-refractivity contribution in [3.05, 3.63) is 80.0 Å². The minimum Gasteiger partial charge on any atom is -0.497 e. The molecule has 2 heterocycles. The fourth-order valence-electron chi connectivity index (χ4n) is 4.17. The zero-order valence-corrected chi connectivity index (χ0v) is 24.1. The number of rotatable bonds is 10. The Morgan fingerprint density at radius 2 is 1.74 bits per heavy atom. The summed E-state index contributed by atoms with van der Waals surface area (Å²) in [6.45, 7) is 2.61. The smallest absolute Gasteiger partial charge is 0.337 e. The fraction of sp³-hybridized carbons (Fsp3) is 0.346. The third kappa shape index (κ3) is 6.87. The molecule has 3 aromatic rings. The van der Waals surface area contributed by atoms with Gasteiger partial charge in [-0.1, -0.05) is 47.5 Å². The van der Waals surface area contributed by atoms with E-state index in [1.54, 1.807) is 19.2 Å². The Balaban J connectivity index is 1.44. The molecule has 1 fully saturated rings. The summed E-state index contributed by atoms with van der Waals surface area (Å²) in [5.74, 6) is 0.331. The number of nitrogens with zero attached hydrogens (tertiary/aromatic N) is 2. The van der Waals surface area contributed by atoms with Crippen molar-refractivity contribution in [2.24, 2.45) is 0 Å². The maximum atomic E-state index is 13.1. The first-order valence-electron chi connectivity index (χ1n) is 11.8. The molecule has 1 aliphatic heterocycles. The van der Waals surface area contributed by atoms with E-state index in [1.807, 2.05) is 36.4 Å². The van der Waals surface area contributed by atoms with E-state index >= 15 is 0 Å². The van der Waals surface area contributed by atoms with Gasteiger partial charge < -0.3 is 14.2 Å². The average Bonchev–Trinajstić information content (AvgIpc) is 3.29. The standard InChI is InChI=1S/C26H28Cl2N2O6S2/c1-34-21-5-3-4-20(14-21)22(36-17-18-6-8-19(9-7-18)26(31)35-2)16-29-10-12-30(13-11-29)38(32,33)23-15-24(27)37-25(23)28/h3-9,14-15,22H,10-13,16-17H2,1-2H3/t22-/m0/s1. The maximum Gasteiger partial charge on any atom is 0.337 e. The van der Waals surface area contributed by atoms with Crippen LogP contribution in [0.3, 0.4) is 0 Å². The van der Waals surface area contributed by atoms with Crippen LogP contribution in [0.1, 0.15) is 27.6 Å². The topological polar surface area (TPSA) is 85.4 Å². The molecular weight excluding hydrogens is 571 g/mol. The number of carbonyl (C=O) groups excluding carboxylic acids is 1. The summed E-state index contributed by atoms with van der Waals surface area (Å²) in [4.78, 5) is 14.0. The molecule has 2 aromatic carbocycles. The lowest BCUT2D eigenvalue weighted by Gasteiger charge is -2.35. The van der Waals surface area contributed by atoms with Gasteiger partial charge in [-0.3, -0.25) is 4.90 Å². The largest absolute Gasteiger partial charge is 0.497 e. The van der Waals surface area contributed by atoms with Crippen molar-refractivity contribution in [2.75, 3.05) is 46.9 Å². The average molecular weight is 600 g/mol. The SMILES string of the molecule is COC(=O)c1ccc(CO[C@@H](CN2CCN(S(=O)(=O)c3cc(Cl)sc3Cl)CC2)c2cccc(OC)c2)cc1. The van der Waals surface area contributed by atoms with E-state index in [2.05, 4.69) is 4.90 Å². The monoisotopic (exact) mass is 598 g/mol. The Labute approximate surface area is 236 Å². The van der Waals surface area contributed by atoms with Crippen molar-refractivity contribution >= 4 is 50.5 Å². The Hall–Kier alpha value is -2.18. The zero-order chi connectivity index (χ0) is 27.3. The van der Waals surface area contributed by atoms with E-state index in [0.717, 1.165) is 28.2 Å². The number of benzene rings is 2. The third-order valence-electron chi connectivity index (χ3n) is 6.29. The van der Waals surface area contributed by atoms with Crippen LogP contribution in [0.2, 0.25) is 8.67 Å². The van der Waals surface area contributed by atoms with Crippen LogP contribution < -0.4 is 4.74 Å². The summed E-state index contributed by atoms with van der Waals surface area (Å²) < 4.78 is 44.6. The zero-order valence-electron chi connectivity index (χ0n) is 20.9. The van der Waals surface area contributed by atoms with E-state index in [1.165, 1.54) is 17.5 Å². The molecule has 0 radical (unpaired) electrons. The third-order valence-corrected chi connectivity index (χ3v) is 9.94. The first kappa shape index (κ1) is 28.8. The number of carbonyl (C=O) groups is 1. The van der Waals surface area contributed by atoms with Gasteiger partial charge in [0.25, 0.3) is 0 Å². The molecule has 8 nitrogen and oxygen atoms in total. The molecule has 0 aliphatic carbocycles. The van der Waals surface area contributed by atoms with Crippen LogP contribution in [0, 0.1) is 0 Å². The Kier molecular flexibility index (Phi) is 9.69. The number of halogens is 2. The van der Waals surface area contributed by atoms with Crippen LogP contribution in [-0.2, 0) is 26.1 Å². The summed E-state index contributed by atoms with van der Waals surface area (Å²) in [6, 6.07) is 16.2. The van der Waals surface area contributed by atoms with Crippen molar-refractivity contribution in [3.8, 4) is 5.75 Å². The number of esters is 1. The number of hydrogen-bond acceptors (Lipinski definition) is 8. The fourth-order valence-corrected chi connectivity index (χ4v) is 7.71. The maximum absolute atomic E-state index is 13.1. The second-order valence-electron chi connectivity index (χ2n) is 8.66. The highest BCUT2D eigenvalue weighted by Crippen LogP contribution is 2.36. The predicted molar refractivity (Wildman–Crippen MR) is 148 cm³/mol. The van der Waals surface area contributed by atoms with E-state index in [-0.39, 0.29) is 15.3 Å². The number of piperazine rings is 1. The van der Waals surface area contributed by atoms with Gasteiger partial charge in [0.1, 0.15) is 15.0 Å². The van der Waals surface area contributed by atoms with Crippen LogP contribution in [0.5, 0.6) is 5.75 Å². The molecule has 204 valence electrons. The van der Waals surface area contributed by atoms with Crippen LogP contribution in [0.4, 0.5) is 0 Å². The Morgan fingerprint density at radius 3 is 2.34 bits per heavy atom. The van der Waals surface area contributed by atoms with Crippen molar-refractivity contribution in [3.63, 3.8) is 0 Å².